The first-order valence-corrected chi connectivity index (χ1v) is 10.5. The number of nitrogens with zero attached hydrogens (tertiary/aromatic N) is 2. The third-order valence-corrected chi connectivity index (χ3v) is 7.75. The average molecular weight is 382 g/mol. The molecule has 1 aliphatic heterocycles. The highest BCUT2D eigenvalue weighted by Gasteiger charge is 2.25. The summed E-state index contributed by atoms with van der Waals surface area (Å²) in [7, 11) is -3.65. The highest BCUT2D eigenvalue weighted by atomic mass is 35.5. The Kier molecular flexibility index (Phi) is 4.02. The van der Waals surface area contributed by atoms with E-state index in [1.54, 1.807) is 6.07 Å². The van der Waals surface area contributed by atoms with Gasteiger partial charge in [0.15, 0.2) is 5.03 Å². The SMILES string of the molecule is O=S(=O)(c1ccc(Cl)s1)c1[nH]nc2ccc(N3CCCCC3)cc12. The van der Waals surface area contributed by atoms with Crippen molar-refractivity contribution in [3.63, 3.8) is 0 Å². The second kappa shape index (κ2) is 6.06. The van der Waals surface area contributed by atoms with Gasteiger partial charge in [-0.1, -0.05) is 11.6 Å². The molecule has 1 aliphatic rings. The fourth-order valence-corrected chi connectivity index (χ4v) is 6.01. The topological polar surface area (TPSA) is 66.1 Å². The van der Waals surface area contributed by atoms with E-state index in [-0.39, 0.29) is 9.24 Å². The fraction of sp³-hybridized carbons (Fsp3) is 0.312. The number of halogens is 1. The monoisotopic (exact) mass is 381 g/mol. The van der Waals surface area contributed by atoms with E-state index < -0.39 is 9.84 Å². The zero-order chi connectivity index (χ0) is 16.7. The van der Waals surface area contributed by atoms with Crippen molar-refractivity contribution in [3.05, 3.63) is 34.7 Å². The highest BCUT2D eigenvalue weighted by molar-refractivity contribution is 7.93. The lowest BCUT2D eigenvalue weighted by Gasteiger charge is -2.28. The Bertz CT molecular complexity index is 988. The molecule has 3 heterocycles. The van der Waals surface area contributed by atoms with Gasteiger partial charge in [0.2, 0.25) is 9.84 Å². The molecular weight excluding hydrogens is 366 g/mol. The maximum absolute atomic E-state index is 12.9. The third-order valence-electron chi connectivity index (χ3n) is 4.31. The number of piperidine rings is 1. The lowest BCUT2D eigenvalue weighted by molar-refractivity contribution is 0.578. The number of aromatic nitrogens is 2. The Morgan fingerprint density at radius 3 is 2.62 bits per heavy atom. The summed E-state index contributed by atoms with van der Waals surface area (Å²) in [6, 6.07) is 8.93. The van der Waals surface area contributed by atoms with Gasteiger partial charge in [0.1, 0.15) is 4.21 Å². The first-order valence-electron chi connectivity index (χ1n) is 7.79. The summed E-state index contributed by atoms with van der Waals surface area (Å²) in [4.78, 5) is 2.30. The number of sulfone groups is 1. The Morgan fingerprint density at radius 2 is 1.92 bits per heavy atom. The van der Waals surface area contributed by atoms with Gasteiger partial charge in [0, 0.05) is 24.2 Å². The predicted molar refractivity (Wildman–Crippen MR) is 96.9 cm³/mol. The number of thiophene rings is 1. The summed E-state index contributed by atoms with van der Waals surface area (Å²) < 4.78 is 26.4. The number of fused-ring (bicyclic) bond motifs is 1. The number of H-pyrrole nitrogens is 1. The average Bonchev–Trinajstić information content (AvgIpc) is 3.22. The number of nitrogens with one attached hydrogen (secondary N) is 1. The number of anilines is 1. The molecule has 8 heteroatoms. The Labute approximate surface area is 149 Å². The Morgan fingerprint density at radius 1 is 1.12 bits per heavy atom. The maximum atomic E-state index is 12.9. The van der Waals surface area contributed by atoms with Crippen LogP contribution in [0.25, 0.3) is 10.9 Å². The van der Waals surface area contributed by atoms with Crippen molar-refractivity contribution in [2.45, 2.75) is 28.5 Å². The molecule has 0 saturated carbocycles. The number of rotatable bonds is 3. The van der Waals surface area contributed by atoms with Crippen LogP contribution in [0, 0.1) is 0 Å². The molecule has 0 atom stereocenters. The van der Waals surface area contributed by atoms with Crippen LogP contribution in [-0.4, -0.2) is 31.7 Å². The molecule has 1 N–H and O–H groups in total. The van der Waals surface area contributed by atoms with Crippen LogP contribution in [0.3, 0.4) is 0 Å². The molecule has 0 bridgehead atoms. The van der Waals surface area contributed by atoms with E-state index in [1.165, 1.54) is 25.3 Å². The van der Waals surface area contributed by atoms with E-state index in [0.29, 0.717) is 15.2 Å². The molecule has 3 aromatic rings. The van der Waals surface area contributed by atoms with Gasteiger partial charge in [-0.3, -0.25) is 5.10 Å². The second-order valence-electron chi connectivity index (χ2n) is 5.86. The van der Waals surface area contributed by atoms with Crippen molar-refractivity contribution in [2.24, 2.45) is 0 Å². The van der Waals surface area contributed by atoms with Crippen molar-refractivity contribution >= 4 is 49.4 Å². The van der Waals surface area contributed by atoms with E-state index in [1.807, 2.05) is 18.2 Å². The summed E-state index contributed by atoms with van der Waals surface area (Å²) in [5, 5.41) is 7.61. The van der Waals surface area contributed by atoms with Crippen LogP contribution < -0.4 is 4.90 Å². The van der Waals surface area contributed by atoms with Gasteiger partial charge in [0.25, 0.3) is 0 Å². The first-order chi connectivity index (χ1) is 11.6. The summed E-state index contributed by atoms with van der Waals surface area (Å²) in [6.45, 7) is 2.01. The lowest BCUT2D eigenvalue weighted by atomic mass is 10.1. The molecule has 4 rings (SSSR count). The van der Waals surface area contributed by atoms with Crippen molar-refractivity contribution in [1.29, 1.82) is 0 Å². The van der Waals surface area contributed by atoms with E-state index in [4.69, 9.17) is 11.6 Å². The van der Waals surface area contributed by atoms with Gasteiger partial charge in [0.05, 0.1) is 9.85 Å². The standard InChI is InChI=1S/C16H16ClN3O2S2/c17-14-6-7-15(23-14)24(21,22)16-12-10-11(4-5-13(12)18-19-16)20-8-2-1-3-9-20/h4-7,10H,1-3,8-9H2,(H,18,19). The molecule has 1 fully saturated rings. The summed E-state index contributed by atoms with van der Waals surface area (Å²) >= 11 is 6.95. The van der Waals surface area contributed by atoms with Gasteiger partial charge in [-0.05, 0) is 49.6 Å². The fourth-order valence-electron chi connectivity index (χ4n) is 3.07. The molecule has 0 radical (unpaired) electrons. The smallest absolute Gasteiger partial charge is 0.233 e. The molecule has 5 nitrogen and oxygen atoms in total. The molecular formula is C16H16ClN3O2S2. The van der Waals surface area contributed by atoms with Crippen molar-refractivity contribution in [1.82, 2.24) is 10.2 Å². The summed E-state index contributed by atoms with van der Waals surface area (Å²) in [5.74, 6) is 0. The van der Waals surface area contributed by atoms with Crippen LogP contribution >= 0.6 is 22.9 Å². The van der Waals surface area contributed by atoms with Crippen LogP contribution in [0.2, 0.25) is 4.34 Å². The number of hydrogen-bond donors (Lipinski definition) is 1. The van der Waals surface area contributed by atoms with E-state index in [9.17, 15) is 8.42 Å². The highest BCUT2D eigenvalue weighted by Crippen LogP contribution is 2.34. The number of hydrogen-bond acceptors (Lipinski definition) is 5. The molecule has 0 spiro atoms. The predicted octanol–water partition coefficient (Wildman–Crippen LogP) is 4.10. The zero-order valence-corrected chi connectivity index (χ0v) is 15.2. The number of benzene rings is 1. The van der Waals surface area contributed by atoms with Crippen molar-refractivity contribution in [3.8, 4) is 0 Å². The quantitative estimate of drug-likeness (QED) is 0.741. The van der Waals surface area contributed by atoms with Crippen molar-refractivity contribution in [2.75, 3.05) is 18.0 Å². The molecule has 2 aromatic heterocycles. The lowest BCUT2D eigenvalue weighted by Crippen LogP contribution is -2.29. The minimum absolute atomic E-state index is 0.134. The van der Waals surface area contributed by atoms with Crippen LogP contribution in [-0.2, 0) is 9.84 Å². The normalized spacial score (nSPS) is 16.0. The molecule has 24 heavy (non-hydrogen) atoms. The maximum Gasteiger partial charge on any atom is 0.233 e. The van der Waals surface area contributed by atoms with Gasteiger partial charge in [-0.25, -0.2) is 8.42 Å². The summed E-state index contributed by atoms with van der Waals surface area (Å²) in [5.41, 5.74) is 1.70. The zero-order valence-electron chi connectivity index (χ0n) is 12.8. The van der Waals surface area contributed by atoms with Crippen molar-refractivity contribution < 1.29 is 8.42 Å². The molecule has 0 amide bonds. The van der Waals surface area contributed by atoms with E-state index >= 15 is 0 Å². The molecule has 0 aliphatic carbocycles. The number of aromatic amines is 1. The van der Waals surface area contributed by atoms with Gasteiger partial charge < -0.3 is 4.90 Å². The molecule has 1 aromatic carbocycles. The van der Waals surface area contributed by atoms with Crippen LogP contribution in [0.5, 0.6) is 0 Å². The molecule has 126 valence electrons. The van der Waals surface area contributed by atoms with Crippen LogP contribution in [0.15, 0.2) is 39.6 Å². The van der Waals surface area contributed by atoms with Crippen LogP contribution in [0.1, 0.15) is 19.3 Å². The minimum atomic E-state index is -3.65. The van der Waals surface area contributed by atoms with E-state index in [0.717, 1.165) is 30.1 Å². The first kappa shape index (κ1) is 15.9. The van der Waals surface area contributed by atoms with Crippen LogP contribution in [0.4, 0.5) is 5.69 Å². The van der Waals surface area contributed by atoms with Gasteiger partial charge in [-0.15, -0.1) is 11.3 Å². The molecule has 1 saturated heterocycles. The van der Waals surface area contributed by atoms with Gasteiger partial charge in [-0.2, -0.15) is 5.10 Å². The van der Waals surface area contributed by atoms with E-state index in [2.05, 4.69) is 15.1 Å². The third kappa shape index (κ3) is 2.70. The largest absolute Gasteiger partial charge is 0.372 e. The second-order valence-corrected chi connectivity index (χ2v) is 9.69. The summed E-state index contributed by atoms with van der Waals surface area (Å²) in [6.07, 6.45) is 3.59. The Hall–Kier alpha value is -1.57. The van der Waals surface area contributed by atoms with Gasteiger partial charge >= 0.3 is 0 Å². The Balaban J connectivity index is 1.81. The minimum Gasteiger partial charge on any atom is -0.372 e. The molecule has 0 unspecified atom stereocenters.